The van der Waals surface area contributed by atoms with Crippen LogP contribution in [0.3, 0.4) is 0 Å². The Bertz CT molecular complexity index is 363. The highest BCUT2D eigenvalue weighted by Crippen LogP contribution is 2.15. The van der Waals surface area contributed by atoms with Crippen LogP contribution in [0.2, 0.25) is 0 Å². The fraction of sp³-hybridized carbons (Fsp3) is 0. The molecule has 0 N–H and O–H groups in total. The van der Waals surface area contributed by atoms with E-state index < -0.39 is 11.6 Å². The predicted molar refractivity (Wildman–Crippen MR) is 41.2 cm³/mol. The van der Waals surface area contributed by atoms with Gasteiger partial charge in [0.25, 0.3) is 0 Å². The van der Waals surface area contributed by atoms with Crippen molar-refractivity contribution in [2.24, 2.45) is 5.11 Å². The summed E-state index contributed by atoms with van der Waals surface area (Å²) in [7, 11) is 0. The Balaban J connectivity index is 3.09. The van der Waals surface area contributed by atoms with E-state index in [1.807, 2.05) is 0 Å². The second kappa shape index (κ2) is 3.21. The molecule has 5 nitrogen and oxygen atoms in total. The fourth-order valence-corrected chi connectivity index (χ4v) is 0.804. The van der Waals surface area contributed by atoms with E-state index in [0.29, 0.717) is 0 Å². The van der Waals surface area contributed by atoms with Crippen LogP contribution in [-0.4, -0.2) is 11.6 Å². The molecule has 0 spiro atoms. The second-order valence-corrected chi connectivity index (χ2v) is 2.35. The lowest BCUT2D eigenvalue weighted by Crippen LogP contribution is -2.08. The van der Waals surface area contributed by atoms with E-state index in [9.17, 15) is 9.59 Å². The molecule has 0 bridgehead atoms. The highest BCUT2D eigenvalue weighted by molar-refractivity contribution is 6.47. The molecule has 0 fully saturated rings. The van der Waals surface area contributed by atoms with Crippen molar-refractivity contribution in [1.82, 2.24) is 0 Å². The minimum Gasteiger partial charge on any atom is -0.289 e. The Morgan fingerprint density at radius 2 is 2.00 bits per heavy atom. The van der Waals surface area contributed by atoms with Crippen molar-refractivity contribution in [3.63, 3.8) is 0 Å². The molecular weight excluding hydrogens is 182 g/mol. The average Bonchev–Trinajstić information content (AvgIpc) is 2.01. The summed E-state index contributed by atoms with van der Waals surface area (Å²) in [4.78, 5) is 24.1. The molecule has 0 aromatic heterocycles. The van der Waals surface area contributed by atoms with Crippen molar-refractivity contribution in [2.75, 3.05) is 0 Å². The van der Waals surface area contributed by atoms with E-state index in [0.717, 1.165) is 12.2 Å². The van der Waals surface area contributed by atoms with Crippen molar-refractivity contribution >= 4 is 23.2 Å². The maximum absolute atomic E-state index is 10.9. The molecule has 60 valence electrons. The first kappa shape index (κ1) is 8.52. The maximum atomic E-state index is 10.9. The lowest BCUT2D eigenvalue weighted by molar-refractivity contribution is -0.114. The Hall–Kier alpha value is -1.58. The summed E-state index contributed by atoms with van der Waals surface area (Å²) >= 11 is 5.34. The number of hydrogen-bond acceptors (Lipinski definition) is 3. The standard InChI is InChI=1S/C6H2ClN3O2/c7-3-1-6(12)4(9-10-8)2-5(3)11/h1-2H. The lowest BCUT2D eigenvalue weighted by atomic mass is 10.1. The molecule has 0 aromatic rings. The highest BCUT2D eigenvalue weighted by atomic mass is 35.5. The fourth-order valence-electron chi connectivity index (χ4n) is 0.651. The minimum atomic E-state index is -0.558. The molecule has 0 aromatic carbocycles. The molecule has 1 aliphatic rings. The van der Waals surface area contributed by atoms with Crippen LogP contribution in [0.5, 0.6) is 0 Å². The van der Waals surface area contributed by atoms with Gasteiger partial charge < -0.3 is 0 Å². The third-order valence-corrected chi connectivity index (χ3v) is 1.46. The van der Waals surface area contributed by atoms with E-state index >= 15 is 0 Å². The van der Waals surface area contributed by atoms with Gasteiger partial charge in [0.05, 0.1) is 10.7 Å². The first-order valence-electron chi connectivity index (χ1n) is 2.88. The van der Waals surface area contributed by atoms with Crippen LogP contribution < -0.4 is 0 Å². The zero-order valence-corrected chi connectivity index (χ0v) is 6.45. The summed E-state index contributed by atoms with van der Waals surface area (Å²) in [6.45, 7) is 0. The van der Waals surface area contributed by atoms with Crippen LogP contribution in [0, 0.1) is 0 Å². The van der Waals surface area contributed by atoms with Gasteiger partial charge in [0, 0.05) is 17.1 Å². The maximum Gasteiger partial charge on any atom is 0.197 e. The topological polar surface area (TPSA) is 82.9 Å². The Labute approximate surface area is 71.9 Å². The van der Waals surface area contributed by atoms with Gasteiger partial charge in [-0.1, -0.05) is 16.7 Å². The number of hydrogen-bond donors (Lipinski definition) is 0. The Morgan fingerprint density at radius 3 is 2.58 bits per heavy atom. The first-order chi connectivity index (χ1) is 5.65. The number of halogens is 1. The van der Waals surface area contributed by atoms with E-state index in [-0.39, 0.29) is 10.7 Å². The van der Waals surface area contributed by atoms with Gasteiger partial charge >= 0.3 is 0 Å². The van der Waals surface area contributed by atoms with Crippen LogP contribution in [0.1, 0.15) is 0 Å². The lowest BCUT2D eigenvalue weighted by Gasteiger charge is -2.01. The van der Waals surface area contributed by atoms with Crippen molar-refractivity contribution < 1.29 is 9.59 Å². The van der Waals surface area contributed by atoms with E-state index in [1.54, 1.807) is 0 Å². The van der Waals surface area contributed by atoms with Gasteiger partial charge in [-0.15, -0.1) is 0 Å². The van der Waals surface area contributed by atoms with Gasteiger partial charge in [-0.25, -0.2) is 0 Å². The third-order valence-electron chi connectivity index (χ3n) is 1.17. The summed E-state index contributed by atoms with van der Waals surface area (Å²) < 4.78 is 0. The highest BCUT2D eigenvalue weighted by Gasteiger charge is 2.17. The molecular formula is C6H2ClN3O2. The predicted octanol–water partition coefficient (Wildman–Crippen LogP) is 1.46. The zero-order chi connectivity index (χ0) is 9.14. The number of azide groups is 1. The van der Waals surface area contributed by atoms with E-state index in [2.05, 4.69) is 10.0 Å². The minimum absolute atomic E-state index is 0.170. The van der Waals surface area contributed by atoms with Crippen molar-refractivity contribution in [2.45, 2.75) is 0 Å². The summed E-state index contributed by atoms with van der Waals surface area (Å²) in [6, 6.07) is 0. The second-order valence-electron chi connectivity index (χ2n) is 1.94. The van der Waals surface area contributed by atoms with Crippen LogP contribution >= 0.6 is 11.6 Å². The molecule has 0 saturated carbocycles. The normalized spacial score (nSPS) is 16.4. The number of nitrogens with zero attached hydrogens (tertiary/aromatic N) is 3. The molecule has 1 rings (SSSR count). The van der Waals surface area contributed by atoms with Crippen LogP contribution in [-0.2, 0) is 9.59 Å². The largest absolute Gasteiger partial charge is 0.289 e. The summed E-state index contributed by atoms with van der Waals surface area (Å²) in [5.41, 5.74) is 7.76. The molecule has 0 amide bonds. The van der Waals surface area contributed by atoms with Crippen molar-refractivity contribution in [3.05, 3.63) is 33.3 Å². The molecule has 0 saturated heterocycles. The smallest absolute Gasteiger partial charge is 0.197 e. The van der Waals surface area contributed by atoms with Gasteiger partial charge in [-0.2, -0.15) is 0 Å². The molecule has 1 aliphatic carbocycles. The van der Waals surface area contributed by atoms with Crippen LogP contribution in [0.4, 0.5) is 0 Å². The number of ketones is 2. The molecule has 0 atom stereocenters. The molecule has 0 aliphatic heterocycles. The van der Waals surface area contributed by atoms with Gasteiger partial charge in [0.2, 0.25) is 0 Å². The number of carbonyl (C=O) groups is 2. The SMILES string of the molecule is [N-]=[N+]=NC1=CC(=O)C(Cl)=CC1=O. The first-order valence-corrected chi connectivity index (χ1v) is 3.25. The zero-order valence-electron chi connectivity index (χ0n) is 5.69. The molecule has 12 heavy (non-hydrogen) atoms. The monoisotopic (exact) mass is 183 g/mol. The molecule has 0 radical (unpaired) electrons. The summed E-state index contributed by atoms with van der Waals surface area (Å²) in [6.07, 6.45) is 1.83. The van der Waals surface area contributed by atoms with Crippen molar-refractivity contribution in [3.8, 4) is 0 Å². The third kappa shape index (κ3) is 1.53. The van der Waals surface area contributed by atoms with Crippen LogP contribution in [0.25, 0.3) is 10.4 Å². The quantitative estimate of drug-likeness (QED) is 0.267. The van der Waals surface area contributed by atoms with Gasteiger partial charge in [0.1, 0.15) is 0 Å². The average molecular weight is 184 g/mol. The van der Waals surface area contributed by atoms with Crippen LogP contribution in [0.15, 0.2) is 28.0 Å². The van der Waals surface area contributed by atoms with Gasteiger partial charge in [-0.05, 0) is 5.53 Å². The van der Waals surface area contributed by atoms with E-state index in [1.165, 1.54) is 0 Å². The Morgan fingerprint density at radius 1 is 1.33 bits per heavy atom. The molecule has 0 unspecified atom stereocenters. The van der Waals surface area contributed by atoms with Crippen molar-refractivity contribution in [1.29, 1.82) is 0 Å². The number of allylic oxidation sites excluding steroid dienone is 3. The summed E-state index contributed by atoms with van der Waals surface area (Å²) in [5, 5.41) is 2.85. The Kier molecular flexibility index (Phi) is 2.28. The number of carbonyl (C=O) groups excluding carboxylic acids is 2. The summed E-state index contributed by atoms with van der Waals surface area (Å²) in [5.74, 6) is -1.09. The molecule has 0 heterocycles. The van der Waals surface area contributed by atoms with Gasteiger partial charge in [-0.3, -0.25) is 9.59 Å². The number of rotatable bonds is 1. The molecule has 6 heteroatoms. The van der Waals surface area contributed by atoms with Gasteiger partial charge in [0.15, 0.2) is 11.6 Å². The van der Waals surface area contributed by atoms with E-state index in [4.69, 9.17) is 17.1 Å².